The molecule has 0 bridgehead atoms. The molecule has 78 valence electrons. The van der Waals surface area contributed by atoms with Crippen molar-refractivity contribution in [2.24, 2.45) is 0 Å². The van der Waals surface area contributed by atoms with Crippen LogP contribution in [0.15, 0.2) is 29.2 Å². The molecule has 1 nitrogen and oxygen atoms in total. The summed E-state index contributed by atoms with van der Waals surface area (Å²) in [4.78, 5) is 0.971. The minimum absolute atomic E-state index is 0.306. The van der Waals surface area contributed by atoms with Crippen LogP contribution in [0, 0.1) is 0 Å². The number of hydrogen-bond acceptors (Lipinski definition) is 2. The number of benzene rings is 1. The molecule has 2 heteroatoms. The van der Waals surface area contributed by atoms with Gasteiger partial charge in [-0.15, -0.1) is 12.6 Å². The number of hydrogen-bond donors (Lipinski definition) is 1. The Kier molecular flexibility index (Phi) is 4.88. The fraction of sp³-hybridized carbons (Fsp3) is 0.500. The molecule has 0 saturated heterocycles. The summed E-state index contributed by atoms with van der Waals surface area (Å²) in [6.07, 6.45) is 3.88. The van der Waals surface area contributed by atoms with E-state index in [0.717, 1.165) is 17.1 Å². The van der Waals surface area contributed by atoms with Crippen LogP contribution in [0.25, 0.3) is 0 Å². The smallest absolute Gasteiger partial charge is 0.119 e. The fourth-order valence-corrected chi connectivity index (χ4v) is 1.46. The zero-order chi connectivity index (χ0) is 10.4. The molecule has 0 N–H and O–H groups in total. The van der Waals surface area contributed by atoms with Gasteiger partial charge in [0.1, 0.15) is 5.75 Å². The summed E-state index contributed by atoms with van der Waals surface area (Å²) in [7, 11) is 0. The van der Waals surface area contributed by atoms with E-state index in [4.69, 9.17) is 4.74 Å². The Morgan fingerprint density at radius 1 is 1.29 bits per heavy atom. The first kappa shape index (κ1) is 11.4. The van der Waals surface area contributed by atoms with E-state index in [9.17, 15) is 0 Å². The van der Waals surface area contributed by atoms with Gasteiger partial charge in [-0.2, -0.15) is 0 Å². The summed E-state index contributed by atoms with van der Waals surface area (Å²) >= 11 is 4.22. The second-order valence-corrected chi connectivity index (χ2v) is 4.08. The highest BCUT2D eigenvalue weighted by molar-refractivity contribution is 7.80. The van der Waals surface area contributed by atoms with E-state index in [1.54, 1.807) is 0 Å². The van der Waals surface area contributed by atoms with Crippen LogP contribution in [0.3, 0.4) is 0 Å². The zero-order valence-electron chi connectivity index (χ0n) is 8.86. The van der Waals surface area contributed by atoms with Crippen LogP contribution in [-0.2, 0) is 0 Å². The van der Waals surface area contributed by atoms with Gasteiger partial charge in [-0.1, -0.05) is 19.8 Å². The van der Waals surface area contributed by atoms with Crippen LogP contribution in [0.2, 0.25) is 0 Å². The first-order chi connectivity index (χ1) is 6.72. The Hall–Kier alpha value is -0.630. The average Bonchev–Trinajstić information content (AvgIpc) is 2.18. The molecule has 1 aromatic rings. The molecule has 0 saturated carbocycles. The van der Waals surface area contributed by atoms with Gasteiger partial charge in [0.05, 0.1) is 6.10 Å². The van der Waals surface area contributed by atoms with E-state index in [1.807, 2.05) is 24.3 Å². The molecule has 14 heavy (non-hydrogen) atoms. The topological polar surface area (TPSA) is 9.23 Å². The molecule has 0 amide bonds. The standard InChI is InChI=1S/C12H18OS/c1-3-4-5-10(2)13-11-6-8-12(14)9-7-11/h6-10,14H,3-5H2,1-2H3. The third-order valence-electron chi connectivity index (χ3n) is 2.14. The van der Waals surface area contributed by atoms with Crippen molar-refractivity contribution in [1.29, 1.82) is 0 Å². The van der Waals surface area contributed by atoms with Crippen molar-refractivity contribution in [3.63, 3.8) is 0 Å². The molecule has 0 aliphatic carbocycles. The summed E-state index contributed by atoms with van der Waals surface area (Å²) in [6, 6.07) is 7.82. The maximum atomic E-state index is 5.74. The molecule has 0 aliphatic heterocycles. The Bertz CT molecular complexity index is 256. The normalized spacial score (nSPS) is 12.5. The lowest BCUT2D eigenvalue weighted by Crippen LogP contribution is -2.11. The molecular weight excluding hydrogens is 192 g/mol. The Balaban J connectivity index is 2.39. The van der Waals surface area contributed by atoms with Gasteiger partial charge in [0.2, 0.25) is 0 Å². The maximum absolute atomic E-state index is 5.74. The monoisotopic (exact) mass is 210 g/mol. The molecule has 0 heterocycles. The van der Waals surface area contributed by atoms with Gasteiger partial charge in [0.15, 0.2) is 0 Å². The minimum atomic E-state index is 0.306. The van der Waals surface area contributed by atoms with Crippen LogP contribution in [0.4, 0.5) is 0 Å². The average molecular weight is 210 g/mol. The minimum Gasteiger partial charge on any atom is -0.491 e. The van der Waals surface area contributed by atoms with Crippen LogP contribution >= 0.6 is 12.6 Å². The summed E-state index contributed by atoms with van der Waals surface area (Å²) in [5, 5.41) is 0. The molecular formula is C12H18OS. The number of thiol groups is 1. The van der Waals surface area contributed by atoms with Gasteiger partial charge in [0, 0.05) is 4.90 Å². The van der Waals surface area contributed by atoms with E-state index in [0.29, 0.717) is 6.10 Å². The molecule has 0 fully saturated rings. The third-order valence-corrected chi connectivity index (χ3v) is 2.44. The summed E-state index contributed by atoms with van der Waals surface area (Å²) in [6.45, 7) is 4.31. The van der Waals surface area contributed by atoms with Crippen molar-refractivity contribution in [3.8, 4) is 5.75 Å². The van der Waals surface area contributed by atoms with Crippen LogP contribution in [-0.4, -0.2) is 6.10 Å². The maximum Gasteiger partial charge on any atom is 0.119 e. The lowest BCUT2D eigenvalue weighted by atomic mass is 10.2. The fourth-order valence-electron chi connectivity index (χ4n) is 1.31. The van der Waals surface area contributed by atoms with Crippen molar-refractivity contribution in [2.45, 2.75) is 44.1 Å². The van der Waals surface area contributed by atoms with Crippen LogP contribution in [0.1, 0.15) is 33.1 Å². The molecule has 1 unspecified atom stereocenters. The Labute approximate surface area is 91.9 Å². The molecule has 0 spiro atoms. The molecule has 0 aliphatic rings. The van der Waals surface area contributed by atoms with Crippen molar-refractivity contribution in [2.75, 3.05) is 0 Å². The second-order valence-electron chi connectivity index (χ2n) is 3.56. The van der Waals surface area contributed by atoms with Crippen molar-refractivity contribution >= 4 is 12.6 Å². The summed E-state index contributed by atoms with van der Waals surface area (Å²) in [5.41, 5.74) is 0. The van der Waals surface area contributed by atoms with E-state index in [1.165, 1.54) is 12.8 Å². The molecule has 1 aromatic carbocycles. The largest absolute Gasteiger partial charge is 0.491 e. The number of ether oxygens (including phenoxy) is 1. The Morgan fingerprint density at radius 2 is 1.93 bits per heavy atom. The van der Waals surface area contributed by atoms with Gasteiger partial charge in [-0.05, 0) is 37.6 Å². The highest BCUT2D eigenvalue weighted by Crippen LogP contribution is 2.17. The van der Waals surface area contributed by atoms with Crippen LogP contribution in [0.5, 0.6) is 5.75 Å². The molecule has 0 radical (unpaired) electrons. The summed E-state index contributed by atoms with van der Waals surface area (Å²) in [5.74, 6) is 0.936. The van der Waals surface area contributed by atoms with Gasteiger partial charge in [-0.25, -0.2) is 0 Å². The van der Waals surface area contributed by atoms with Gasteiger partial charge in [0.25, 0.3) is 0 Å². The SMILES string of the molecule is CCCCC(C)Oc1ccc(S)cc1. The van der Waals surface area contributed by atoms with E-state index < -0.39 is 0 Å². The van der Waals surface area contributed by atoms with Crippen LogP contribution < -0.4 is 4.74 Å². The predicted molar refractivity (Wildman–Crippen MR) is 63.3 cm³/mol. The van der Waals surface area contributed by atoms with Gasteiger partial charge >= 0.3 is 0 Å². The highest BCUT2D eigenvalue weighted by Gasteiger charge is 2.02. The first-order valence-corrected chi connectivity index (χ1v) is 5.62. The first-order valence-electron chi connectivity index (χ1n) is 5.18. The van der Waals surface area contributed by atoms with E-state index >= 15 is 0 Å². The lowest BCUT2D eigenvalue weighted by molar-refractivity contribution is 0.207. The van der Waals surface area contributed by atoms with Crippen molar-refractivity contribution < 1.29 is 4.74 Å². The summed E-state index contributed by atoms with van der Waals surface area (Å²) < 4.78 is 5.74. The number of rotatable bonds is 5. The number of unbranched alkanes of at least 4 members (excludes halogenated alkanes) is 1. The molecule has 1 atom stereocenters. The van der Waals surface area contributed by atoms with Crippen molar-refractivity contribution in [3.05, 3.63) is 24.3 Å². The lowest BCUT2D eigenvalue weighted by Gasteiger charge is -2.14. The van der Waals surface area contributed by atoms with E-state index in [2.05, 4.69) is 26.5 Å². The van der Waals surface area contributed by atoms with E-state index in [-0.39, 0.29) is 0 Å². The quantitative estimate of drug-likeness (QED) is 0.724. The third kappa shape index (κ3) is 4.05. The molecule has 0 aromatic heterocycles. The Morgan fingerprint density at radius 3 is 2.50 bits per heavy atom. The van der Waals surface area contributed by atoms with Crippen molar-refractivity contribution in [1.82, 2.24) is 0 Å². The highest BCUT2D eigenvalue weighted by atomic mass is 32.1. The zero-order valence-corrected chi connectivity index (χ0v) is 9.76. The van der Waals surface area contributed by atoms with Gasteiger partial charge in [-0.3, -0.25) is 0 Å². The van der Waals surface area contributed by atoms with Gasteiger partial charge < -0.3 is 4.74 Å². The second kappa shape index (κ2) is 5.97. The molecule has 1 rings (SSSR count). The predicted octanol–water partition coefficient (Wildman–Crippen LogP) is 3.93.